The fraction of sp³-hybridized carbons (Fsp3) is 0.500. The molecule has 116 valence electrons. The monoisotopic (exact) mass is 311 g/mol. The molecule has 1 heterocycles. The fourth-order valence-electron chi connectivity index (χ4n) is 2.27. The van der Waals surface area contributed by atoms with Crippen LogP contribution in [0.25, 0.3) is 0 Å². The smallest absolute Gasteiger partial charge is 0.237 e. The van der Waals surface area contributed by atoms with Crippen molar-refractivity contribution in [3.8, 4) is 0 Å². The van der Waals surface area contributed by atoms with E-state index in [9.17, 15) is 13.2 Å². The maximum Gasteiger partial charge on any atom is 0.237 e. The van der Waals surface area contributed by atoms with E-state index >= 15 is 0 Å². The van der Waals surface area contributed by atoms with Crippen LogP contribution in [0.1, 0.15) is 17.5 Å². The van der Waals surface area contributed by atoms with Gasteiger partial charge >= 0.3 is 0 Å². The predicted molar refractivity (Wildman–Crippen MR) is 80.8 cm³/mol. The number of likely N-dealkylation sites (N-methyl/N-ethyl adjacent to an activating group) is 1. The summed E-state index contributed by atoms with van der Waals surface area (Å²) in [5.74, 6) is -0.246. The number of carbonyl (C=O) groups is 1. The van der Waals surface area contributed by atoms with Crippen LogP contribution in [0.4, 0.5) is 0 Å². The van der Waals surface area contributed by atoms with Crippen LogP contribution < -0.4 is 5.73 Å². The molecule has 1 fully saturated rings. The van der Waals surface area contributed by atoms with E-state index in [0.717, 1.165) is 5.56 Å². The minimum atomic E-state index is -3.48. The van der Waals surface area contributed by atoms with E-state index < -0.39 is 10.0 Å². The third kappa shape index (κ3) is 4.03. The summed E-state index contributed by atoms with van der Waals surface area (Å²) in [5.41, 5.74) is 7.19. The van der Waals surface area contributed by atoms with Gasteiger partial charge in [-0.05, 0) is 17.5 Å². The second-order valence-corrected chi connectivity index (χ2v) is 7.25. The second-order valence-electron chi connectivity index (χ2n) is 5.28. The number of hydrogen-bond donors (Lipinski definition) is 1. The van der Waals surface area contributed by atoms with E-state index in [2.05, 4.69) is 0 Å². The lowest BCUT2D eigenvalue weighted by Crippen LogP contribution is -2.38. The van der Waals surface area contributed by atoms with E-state index in [-0.39, 0.29) is 18.2 Å². The van der Waals surface area contributed by atoms with Gasteiger partial charge in [0, 0.05) is 26.7 Å². The topological polar surface area (TPSA) is 83.7 Å². The van der Waals surface area contributed by atoms with Gasteiger partial charge in [0.15, 0.2) is 0 Å². The molecule has 2 rings (SSSR count). The van der Waals surface area contributed by atoms with Crippen molar-refractivity contribution in [1.29, 1.82) is 0 Å². The maximum atomic E-state index is 12.4. The van der Waals surface area contributed by atoms with E-state index in [4.69, 9.17) is 5.73 Å². The van der Waals surface area contributed by atoms with Crippen molar-refractivity contribution in [1.82, 2.24) is 9.21 Å². The Morgan fingerprint density at radius 1 is 1.14 bits per heavy atom. The zero-order valence-electron chi connectivity index (χ0n) is 12.2. The van der Waals surface area contributed by atoms with Gasteiger partial charge in [-0.15, -0.1) is 0 Å². The highest BCUT2D eigenvalue weighted by molar-refractivity contribution is 7.88. The molecule has 0 unspecified atom stereocenters. The molecule has 0 aliphatic carbocycles. The zero-order chi connectivity index (χ0) is 15.5. The summed E-state index contributed by atoms with van der Waals surface area (Å²) in [5, 5.41) is 0. The average molecular weight is 311 g/mol. The quantitative estimate of drug-likeness (QED) is 0.857. The molecule has 1 amide bonds. The summed E-state index contributed by atoms with van der Waals surface area (Å²) in [4.78, 5) is 13.4. The molecule has 21 heavy (non-hydrogen) atoms. The second kappa shape index (κ2) is 6.55. The Labute approximate surface area is 125 Å². The van der Waals surface area contributed by atoms with Crippen LogP contribution in [0, 0.1) is 0 Å². The Balaban J connectivity index is 2.11. The molecule has 0 aromatic heterocycles. The summed E-state index contributed by atoms with van der Waals surface area (Å²) < 4.78 is 26.2. The lowest BCUT2D eigenvalue weighted by atomic mass is 10.1. The molecule has 0 spiro atoms. The number of carbonyl (C=O) groups excluding carboxylic acids is 1. The normalized spacial score (nSPS) is 17.8. The van der Waals surface area contributed by atoms with Gasteiger partial charge in [-0.1, -0.05) is 24.3 Å². The number of benzene rings is 1. The van der Waals surface area contributed by atoms with E-state index in [1.54, 1.807) is 24.1 Å². The number of hydrogen-bond acceptors (Lipinski definition) is 4. The van der Waals surface area contributed by atoms with Crippen molar-refractivity contribution >= 4 is 15.9 Å². The first-order valence-electron chi connectivity index (χ1n) is 6.92. The molecule has 0 atom stereocenters. The number of amides is 1. The number of sulfonamides is 1. The molecule has 1 aliphatic heterocycles. The first-order chi connectivity index (χ1) is 9.92. The molecular formula is C14H21N3O3S. The lowest BCUT2D eigenvalue weighted by molar-refractivity contribution is -0.129. The molecule has 0 saturated carbocycles. The summed E-state index contributed by atoms with van der Waals surface area (Å²) in [6.45, 7) is 1.34. The van der Waals surface area contributed by atoms with Crippen LogP contribution >= 0.6 is 0 Å². The molecule has 6 nitrogen and oxygen atoms in total. The highest BCUT2D eigenvalue weighted by atomic mass is 32.2. The van der Waals surface area contributed by atoms with Crippen LogP contribution in [0.15, 0.2) is 24.3 Å². The first kappa shape index (κ1) is 15.9. The van der Waals surface area contributed by atoms with Gasteiger partial charge in [0.1, 0.15) is 0 Å². The molecule has 1 aromatic rings. The maximum absolute atomic E-state index is 12.4. The molecule has 0 radical (unpaired) electrons. The summed E-state index contributed by atoms with van der Waals surface area (Å²) in [6.07, 6.45) is 0.660. The Bertz CT molecular complexity index is 598. The van der Waals surface area contributed by atoms with Crippen LogP contribution in [-0.4, -0.2) is 50.2 Å². The van der Waals surface area contributed by atoms with Gasteiger partial charge < -0.3 is 10.6 Å². The van der Waals surface area contributed by atoms with Gasteiger partial charge in [-0.3, -0.25) is 4.79 Å². The van der Waals surface area contributed by atoms with E-state index in [1.807, 2.05) is 12.1 Å². The van der Waals surface area contributed by atoms with Crippen LogP contribution in [0.2, 0.25) is 0 Å². The van der Waals surface area contributed by atoms with E-state index in [0.29, 0.717) is 31.6 Å². The third-order valence-electron chi connectivity index (χ3n) is 3.64. The van der Waals surface area contributed by atoms with Crippen molar-refractivity contribution < 1.29 is 13.2 Å². The average Bonchev–Trinajstić information content (AvgIpc) is 2.62. The van der Waals surface area contributed by atoms with Gasteiger partial charge in [-0.25, -0.2) is 8.42 Å². The number of rotatable bonds is 4. The Hall–Kier alpha value is -1.44. The minimum Gasteiger partial charge on any atom is -0.345 e. The molecule has 1 saturated heterocycles. The van der Waals surface area contributed by atoms with Gasteiger partial charge in [0.25, 0.3) is 0 Å². The van der Waals surface area contributed by atoms with Gasteiger partial charge in [-0.2, -0.15) is 4.31 Å². The molecule has 1 aliphatic rings. The Morgan fingerprint density at radius 2 is 1.76 bits per heavy atom. The molecule has 1 aromatic carbocycles. The summed E-state index contributed by atoms with van der Waals surface area (Å²) >= 11 is 0. The first-order valence-corrected chi connectivity index (χ1v) is 8.53. The Kier molecular flexibility index (Phi) is 4.97. The van der Waals surface area contributed by atoms with Crippen molar-refractivity contribution in [2.24, 2.45) is 5.73 Å². The Morgan fingerprint density at radius 3 is 2.38 bits per heavy atom. The van der Waals surface area contributed by atoms with Crippen molar-refractivity contribution in [3.05, 3.63) is 35.4 Å². The van der Waals surface area contributed by atoms with Gasteiger partial charge in [0.2, 0.25) is 15.9 Å². The third-order valence-corrected chi connectivity index (χ3v) is 5.44. The van der Waals surface area contributed by atoms with Crippen LogP contribution in [-0.2, 0) is 27.1 Å². The lowest BCUT2D eigenvalue weighted by Gasteiger charge is -2.19. The SMILES string of the molecule is CN1CCCN(S(=O)(=O)Cc2ccc(CN)cc2)CC1=O. The number of nitrogens with zero attached hydrogens (tertiary/aromatic N) is 2. The van der Waals surface area contributed by atoms with Gasteiger partial charge in [0.05, 0.1) is 12.3 Å². The minimum absolute atomic E-state index is 0.0697. The molecule has 7 heteroatoms. The summed E-state index contributed by atoms with van der Waals surface area (Å²) in [6, 6.07) is 7.19. The van der Waals surface area contributed by atoms with Crippen LogP contribution in [0.5, 0.6) is 0 Å². The largest absolute Gasteiger partial charge is 0.345 e. The predicted octanol–water partition coefficient (Wildman–Crippen LogP) is 0.139. The van der Waals surface area contributed by atoms with E-state index in [1.165, 1.54) is 4.31 Å². The van der Waals surface area contributed by atoms with Crippen LogP contribution in [0.3, 0.4) is 0 Å². The number of nitrogens with two attached hydrogens (primary N) is 1. The highest BCUT2D eigenvalue weighted by Gasteiger charge is 2.28. The van der Waals surface area contributed by atoms with Crippen molar-refractivity contribution in [2.45, 2.75) is 18.7 Å². The van der Waals surface area contributed by atoms with Crippen molar-refractivity contribution in [2.75, 3.05) is 26.7 Å². The summed E-state index contributed by atoms with van der Waals surface area (Å²) in [7, 11) is -1.78. The highest BCUT2D eigenvalue weighted by Crippen LogP contribution is 2.14. The zero-order valence-corrected chi connectivity index (χ0v) is 13.0. The fourth-order valence-corrected chi connectivity index (χ4v) is 3.78. The molecular weight excluding hydrogens is 290 g/mol. The van der Waals surface area contributed by atoms with Crippen molar-refractivity contribution in [3.63, 3.8) is 0 Å². The standard InChI is InChI=1S/C14H21N3O3S/c1-16-7-2-8-17(10-14(16)18)21(19,20)11-13-5-3-12(9-15)4-6-13/h3-6H,2,7-11,15H2,1H3. The molecule has 2 N–H and O–H groups in total. The molecule has 0 bridgehead atoms.